The quantitative estimate of drug-likeness (QED) is 0.537. The van der Waals surface area contributed by atoms with Crippen LogP contribution in [0.25, 0.3) is 0 Å². The van der Waals surface area contributed by atoms with Crippen LogP contribution in [0.3, 0.4) is 0 Å². The zero-order valence-corrected chi connectivity index (χ0v) is 16.6. The number of carbonyl (C=O) groups is 2. The SMILES string of the molecule is CC(C)c1ccc(C(=O)COC(=O)c2ccc(S(=O)(=O)N(C)C)cc2)cc1. The van der Waals surface area contributed by atoms with Gasteiger partial charge in [0.05, 0.1) is 10.5 Å². The summed E-state index contributed by atoms with van der Waals surface area (Å²) in [6.07, 6.45) is 0. The van der Waals surface area contributed by atoms with E-state index < -0.39 is 16.0 Å². The summed E-state index contributed by atoms with van der Waals surface area (Å²) >= 11 is 0. The summed E-state index contributed by atoms with van der Waals surface area (Å²) in [6.45, 7) is 3.75. The topological polar surface area (TPSA) is 80.8 Å². The van der Waals surface area contributed by atoms with Crippen LogP contribution in [-0.4, -0.2) is 45.2 Å². The molecule has 0 aliphatic carbocycles. The lowest BCUT2D eigenvalue weighted by Crippen LogP contribution is -2.22. The molecule has 0 unspecified atom stereocenters. The Balaban J connectivity index is 2.00. The molecule has 6 nitrogen and oxygen atoms in total. The van der Waals surface area contributed by atoms with E-state index in [0.717, 1.165) is 9.87 Å². The van der Waals surface area contributed by atoms with Crippen molar-refractivity contribution >= 4 is 21.8 Å². The average molecular weight is 389 g/mol. The summed E-state index contributed by atoms with van der Waals surface area (Å²) in [7, 11) is -0.709. The first-order valence-electron chi connectivity index (χ1n) is 8.46. The normalized spacial score (nSPS) is 11.6. The van der Waals surface area contributed by atoms with E-state index in [1.54, 1.807) is 12.1 Å². The molecule has 2 rings (SSSR count). The number of hydrogen-bond donors (Lipinski definition) is 0. The van der Waals surface area contributed by atoms with Crippen LogP contribution < -0.4 is 0 Å². The molecule has 0 saturated carbocycles. The number of sulfonamides is 1. The highest BCUT2D eigenvalue weighted by Crippen LogP contribution is 2.16. The van der Waals surface area contributed by atoms with Crippen LogP contribution in [0.5, 0.6) is 0 Å². The van der Waals surface area contributed by atoms with Crippen molar-refractivity contribution in [1.82, 2.24) is 4.31 Å². The van der Waals surface area contributed by atoms with Gasteiger partial charge in [-0.25, -0.2) is 17.5 Å². The molecule has 0 saturated heterocycles. The maximum Gasteiger partial charge on any atom is 0.338 e. The number of benzene rings is 2. The summed E-state index contributed by atoms with van der Waals surface area (Å²) in [4.78, 5) is 24.3. The van der Waals surface area contributed by atoms with Crippen LogP contribution in [0.4, 0.5) is 0 Å². The minimum atomic E-state index is -3.56. The van der Waals surface area contributed by atoms with Gasteiger partial charge in [0.2, 0.25) is 10.0 Å². The van der Waals surface area contributed by atoms with E-state index in [0.29, 0.717) is 11.5 Å². The van der Waals surface area contributed by atoms with Gasteiger partial charge in [-0.3, -0.25) is 4.79 Å². The lowest BCUT2D eigenvalue weighted by atomic mass is 10.0. The second kappa shape index (κ2) is 8.45. The molecule has 0 bridgehead atoms. The summed E-state index contributed by atoms with van der Waals surface area (Å²) in [5.41, 5.74) is 1.77. The zero-order chi connectivity index (χ0) is 20.2. The molecule has 0 aliphatic rings. The van der Waals surface area contributed by atoms with Gasteiger partial charge in [-0.1, -0.05) is 38.1 Å². The minimum Gasteiger partial charge on any atom is -0.454 e. The first-order chi connectivity index (χ1) is 12.6. The van der Waals surface area contributed by atoms with E-state index >= 15 is 0 Å². The summed E-state index contributed by atoms with van der Waals surface area (Å²) in [5, 5.41) is 0. The van der Waals surface area contributed by atoms with E-state index in [1.165, 1.54) is 38.4 Å². The van der Waals surface area contributed by atoms with Crippen molar-refractivity contribution in [2.24, 2.45) is 0 Å². The molecule has 0 N–H and O–H groups in total. The summed E-state index contributed by atoms with van der Waals surface area (Å²) in [6, 6.07) is 12.6. The molecular weight excluding hydrogens is 366 g/mol. The minimum absolute atomic E-state index is 0.0744. The Morgan fingerprint density at radius 2 is 1.44 bits per heavy atom. The lowest BCUT2D eigenvalue weighted by molar-refractivity contribution is 0.0474. The van der Waals surface area contributed by atoms with Gasteiger partial charge in [0.1, 0.15) is 0 Å². The molecule has 7 heteroatoms. The van der Waals surface area contributed by atoms with Crippen LogP contribution >= 0.6 is 0 Å². The van der Waals surface area contributed by atoms with Crippen LogP contribution in [0, 0.1) is 0 Å². The predicted molar refractivity (Wildman–Crippen MR) is 102 cm³/mol. The van der Waals surface area contributed by atoms with E-state index in [4.69, 9.17) is 4.74 Å². The van der Waals surface area contributed by atoms with E-state index in [9.17, 15) is 18.0 Å². The Kier molecular flexibility index (Phi) is 6.51. The number of hydrogen-bond acceptors (Lipinski definition) is 5. The lowest BCUT2D eigenvalue weighted by Gasteiger charge is -2.11. The maximum atomic E-state index is 12.2. The Morgan fingerprint density at radius 3 is 1.93 bits per heavy atom. The molecule has 0 spiro atoms. The Labute approximate surface area is 159 Å². The molecule has 0 aliphatic heterocycles. The smallest absolute Gasteiger partial charge is 0.338 e. The van der Waals surface area contributed by atoms with Crippen molar-refractivity contribution in [2.75, 3.05) is 20.7 Å². The summed E-state index contributed by atoms with van der Waals surface area (Å²) in [5.74, 6) is -0.618. The van der Waals surface area contributed by atoms with Gasteiger partial charge in [0.15, 0.2) is 12.4 Å². The molecular formula is C20H23NO5S. The highest BCUT2D eigenvalue weighted by molar-refractivity contribution is 7.89. The van der Waals surface area contributed by atoms with Crippen molar-refractivity contribution in [1.29, 1.82) is 0 Å². The zero-order valence-electron chi connectivity index (χ0n) is 15.8. The molecule has 144 valence electrons. The van der Waals surface area contributed by atoms with Crippen molar-refractivity contribution in [3.05, 3.63) is 65.2 Å². The van der Waals surface area contributed by atoms with Gasteiger partial charge in [-0.15, -0.1) is 0 Å². The van der Waals surface area contributed by atoms with Crippen molar-refractivity contribution in [3.63, 3.8) is 0 Å². The average Bonchev–Trinajstić information content (AvgIpc) is 2.65. The van der Waals surface area contributed by atoms with Gasteiger partial charge >= 0.3 is 5.97 Å². The van der Waals surface area contributed by atoms with Crippen molar-refractivity contribution in [2.45, 2.75) is 24.7 Å². The Morgan fingerprint density at radius 1 is 0.926 bits per heavy atom. The molecule has 27 heavy (non-hydrogen) atoms. The number of ketones is 1. The van der Waals surface area contributed by atoms with Gasteiger partial charge < -0.3 is 4.74 Å². The van der Waals surface area contributed by atoms with Gasteiger partial charge in [-0.05, 0) is 35.7 Å². The fourth-order valence-electron chi connectivity index (χ4n) is 2.33. The highest BCUT2D eigenvalue weighted by atomic mass is 32.2. The third-order valence-electron chi connectivity index (χ3n) is 4.10. The molecule has 0 aromatic heterocycles. The third kappa shape index (κ3) is 5.02. The molecule has 0 radical (unpaired) electrons. The van der Waals surface area contributed by atoms with Gasteiger partial charge in [0, 0.05) is 19.7 Å². The van der Waals surface area contributed by atoms with Crippen LogP contribution in [0.2, 0.25) is 0 Å². The van der Waals surface area contributed by atoms with Gasteiger partial charge in [0.25, 0.3) is 0 Å². The first kappa shape index (κ1) is 20.8. The highest BCUT2D eigenvalue weighted by Gasteiger charge is 2.18. The monoisotopic (exact) mass is 389 g/mol. The number of ether oxygens (including phenoxy) is 1. The largest absolute Gasteiger partial charge is 0.454 e. The number of carbonyl (C=O) groups excluding carboxylic acids is 2. The van der Waals surface area contributed by atoms with E-state index in [2.05, 4.69) is 13.8 Å². The van der Waals surface area contributed by atoms with E-state index in [1.807, 2.05) is 12.1 Å². The van der Waals surface area contributed by atoms with Crippen LogP contribution in [0.1, 0.15) is 46.0 Å². The number of esters is 1. The summed E-state index contributed by atoms with van der Waals surface area (Å²) < 4.78 is 30.2. The fourth-order valence-corrected chi connectivity index (χ4v) is 3.23. The molecule has 0 heterocycles. The number of rotatable bonds is 7. The molecule has 0 amide bonds. The fraction of sp³-hybridized carbons (Fsp3) is 0.300. The molecule has 2 aromatic rings. The predicted octanol–water partition coefficient (Wildman–Crippen LogP) is 3.10. The Bertz CT molecular complexity index is 914. The van der Waals surface area contributed by atoms with Crippen LogP contribution in [0.15, 0.2) is 53.4 Å². The molecule has 0 fully saturated rings. The standard InChI is InChI=1S/C20H23NO5S/c1-14(2)15-5-7-16(8-6-15)19(22)13-26-20(23)17-9-11-18(12-10-17)27(24,25)21(3)4/h5-12,14H,13H2,1-4H3. The van der Waals surface area contributed by atoms with Crippen LogP contribution in [-0.2, 0) is 14.8 Å². The number of Topliss-reactive ketones (excluding diaryl/α,β-unsaturated/α-hetero) is 1. The van der Waals surface area contributed by atoms with Crippen molar-refractivity contribution in [3.8, 4) is 0 Å². The number of nitrogens with zero attached hydrogens (tertiary/aromatic N) is 1. The first-order valence-corrected chi connectivity index (χ1v) is 9.90. The second-order valence-corrected chi connectivity index (χ2v) is 8.74. The third-order valence-corrected chi connectivity index (χ3v) is 5.93. The van der Waals surface area contributed by atoms with E-state index in [-0.39, 0.29) is 22.8 Å². The molecule has 0 atom stereocenters. The Hall–Kier alpha value is -2.51. The van der Waals surface area contributed by atoms with Crippen molar-refractivity contribution < 1.29 is 22.7 Å². The molecule has 2 aromatic carbocycles. The maximum absolute atomic E-state index is 12.2. The second-order valence-electron chi connectivity index (χ2n) is 6.59. The van der Waals surface area contributed by atoms with Gasteiger partial charge in [-0.2, -0.15) is 0 Å².